The second-order valence-electron chi connectivity index (χ2n) is 1.84. The summed E-state index contributed by atoms with van der Waals surface area (Å²) in [6.45, 7) is 2.00. The predicted molar refractivity (Wildman–Crippen MR) is 48.1 cm³/mol. The summed E-state index contributed by atoms with van der Waals surface area (Å²) in [5, 5.41) is 0.100. The third kappa shape index (κ3) is 1.88. The fourth-order valence-electron chi connectivity index (χ4n) is 0.620. The first-order valence-electron chi connectivity index (χ1n) is 3.14. The molecule has 0 aliphatic heterocycles. The minimum absolute atomic E-state index is 0.100. The third-order valence-electron chi connectivity index (χ3n) is 1.09. The van der Waals surface area contributed by atoms with Crippen LogP contribution in [0.5, 0.6) is 0 Å². The van der Waals surface area contributed by atoms with Gasteiger partial charge in [-0.3, -0.25) is 0 Å². The van der Waals surface area contributed by atoms with Crippen molar-refractivity contribution in [1.29, 1.82) is 0 Å². The minimum Gasteiger partial charge on any atom is -0.462 e. The number of aromatic nitrogens is 1. The van der Waals surface area contributed by atoms with Gasteiger partial charge in [0.1, 0.15) is 9.90 Å². The van der Waals surface area contributed by atoms with Crippen LogP contribution in [0.3, 0.4) is 0 Å². The molecule has 1 aromatic heterocycles. The molecule has 6 heteroatoms. The van der Waals surface area contributed by atoms with Crippen molar-refractivity contribution in [2.45, 2.75) is 6.92 Å². The van der Waals surface area contributed by atoms with Gasteiger partial charge in [-0.25, -0.2) is 4.79 Å². The summed E-state index contributed by atoms with van der Waals surface area (Å²) in [6.07, 6.45) is 0. The van der Waals surface area contributed by atoms with Crippen LogP contribution in [-0.2, 0) is 4.74 Å². The van der Waals surface area contributed by atoms with Crippen LogP contribution in [0.2, 0.25) is 9.49 Å². The van der Waals surface area contributed by atoms with Crippen molar-refractivity contribution < 1.29 is 9.53 Å². The molecule has 1 rings (SSSR count). The molecule has 0 N–H and O–H groups in total. The van der Waals surface area contributed by atoms with E-state index >= 15 is 0 Å². The van der Waals surface area contributed by atoms with Gasteiger partial charge in [-0.1, -0.05) is 23.2 Å². The number of ether oxygens (including phenoxy) is 1. The first kappa shape index (κ1) is 9.77. The molecule has 0 aliphatic rings. The molecular formula is C6H5Cl2NO2S. The maximum absolute atomic E-state index is 11.1. The third-order valence-corrected chi connectivity index (χ3v) is 2.50. The molecule has 0 radical (unpaired) electrons. The summed E-state index contributed by atoms with van der Waals surface area (Å²) >= 11 is 12.2. The fraction of sp³-hybridized carbons (Fsp3) is 0.333. The summed E-state index contributed by atoms with van der Waals surface area (Å²) in [4.78, 5) is 11.1. The lowest BCUT2D eigenvalue weighted by Gasteiger charge is -1.98. The Labute approximate surface area is 83.4 Å². The van der Waals surface area contributed by atoms with Crippen LogP contribution in [0.4, 0.5) is 0 Å². The maximum Gasteiger partial charge on any atom is 0.343 e. The Morgan fingerprint density at radius 3 is 2.75 bits per heavy atom. The van der Waals surface area contributed by atoms with Gasteiger partial charge in [0.2, 0.25) is 0 Å². The Morgan fingerprint density at radius 1 is 1.67 bits per heavy atom. The molecule has 0 amide bonds. The van der Waals surface area contributed by atoms with Crippen LogP contribution >= 0.6 is 34.7 Å². The standard InChI is InChI=1S/C6H5Cl2NO2S/c1-2-11-6(10)3-4(7)9-12-5(3)8/h2H2,1H3. The Balaban J connectivity index is 2.93. The normalized spacial score (nSPS) is 9.92. The van der Waals surface area contributed by atoms with Crippen molar-refractivity contribution in [2.75, 3.05) is 6.61 Å². The Kier molecular flexibility index (Phi) is 3.31. The Morgan fingerprint density at radius 2 is 2.33 bits per heavy atom. The first-order chi connectivity index (χ1) is 5.66. The van der Waals surface area contributed by atoms with Gasteiger partial charge in [0, 0.05) is 0 Å². The highest BCUT2D eigenvalue weighted by Gasteiger charge is 2.19. The molecule has 66 valence electrons. The van der Waals surface area contributed by atoms with E-state index in [2.05, 4.69) is 4.37 Å². The van der Waals surface area contributed by atoms with Gasteiger partial charge in [0.15, 0.2) is 5.15 Å². The highest BCUT2D eigenvalue weighted by atomic mass is 35.5. The van der Waals surface area contributed by atoms with E-state index in [4.69, 9.17) is 27.9 Å². The van der Waals surface area contributed by atoms with Gasteiger partial charge in [-0.2, -0.15) is 4.37 Å². The number of carbonyl (C=O) groups is 1. The molecule has 1 heterocycles. The minimum atomic E-state index is -0.527. The molecule has 0 bridgehead atoms. The number of rotatable bonds is 2. The predicted octanol–water partition coefficient (Wildman–Crippen LogP) is 2.63. The lowest BCUT2D eigenvalue weighted by Crippen LogP contribution is -2.04. The number of halogens is 2. The van der Waals surface area contributed by atoms with Crippen LogP contribution in [0.15, 0.2) is 0 Å². The molecule has 0 atom stereocenters. The maximum atomic E-state index is 11.1. The summed E-state index contributed by atoms with van der Waals surface area (Å²) in [7, 11) is 0. The van der Waals surface area contributed by atoms with Crippen molar-refractivity contribution in [2.24, 2.45) is 0 Å². The van der Waals surface area contributed by atoms with Crippen molar-refractivity contribution >= 4 is 40.7 Å². The van der Waals surface area contributed by atoms with E-state index in [-0.39, 0.29) is 15.1 Å². The molecule has 0 saturated heterocycles. The zero-order valence-corrected chi connectivity index (χ0v) is 8.46. The second-order valence-corrected chi connectivity index (χ2v) is 3.58. The van der Waals surface area contributed by atoms with Crippen LogP contribution < -0.4 is 0 Å². The van der Waals surface area contributed by atoms with E-state index in [0.29, 0.717) is 6.61 Å². The Bertz CT molecular complexity index is 280. The van der Waals surface area contributed by atoms with Gasteiger partial charge in [0.05, 0.1) is 6.61 Å². The van der Waals surface area contributed by atoms with Crippen LogP contribution in [-0.4, -0.2) is 16.9 Å². The first-order valence-corrected chi connectivity index (χ1v) is 4.67. The number of hydrogen-bond acceptors (Lipinski definition) is 4. The molecule has 0 unspecified atom stereocenters. The number of esters is 1. The number of nitrogens with zero attached hydrogens (tertiary/aromatic N) is 1. The summed E-state index contributed by atoms with van der Waals surface area (Å²) in [5.74, 6) is -0.527. The smallest absolute Gasteiger partial charge is 0.343 e. The van der Waals surface area contributed by atoms with Crippen LogP contribution in [0, 0.1) is 0 Å². The van der Waals surface area contributed by atoms with Crippen molar-refractivity contribution in [1.82, 2.24) is 4.37 Å². The molecule has 0 saturated carbocycles. The van der Waals surface area contributed by atoms with Crippen LogP contribution in [0.1, 0.15) is 17.3 Å². The number of hydrogen-bond donors (Lipinski definition) is 0. The molecular weight excluding hydrogens is 221 g/mol. The SMILES string of the molecule is CCOC(=O)c1c(Cl)nsc1Cl. The molecule has 12 heavy (non-hydrogen) atoms. The van der Waals surface area contributed by atoms with Crippen molar-refractivity contribution in [3.8, 4) is 0 Å². The molecule has 0 aromatic carbocycles. The lowest BCUT2D eigenvalue weighted by molar-refractivity contribution is 0.0527. The van der Waals surface area contributed by atoms with E-state index < -0.39 is 5.97 Å². The van der Waals surface area contributed by atoms with E-state index in [1.807, 2.05) is 0 Å². The largest absolute Gasteiger partial charge is 0.462 e. The average molecular weight is 226 g/mol. The van der Waals surface area contributed by atoms with Gasteiger partial charge in [0.25, 0.3) is 0 Å². The Hall–Kier alpha value is -0.320. The quantitative estimate of drug-likeness (QED) is 0.727. The van der Waals surface area contributed by atoms with Crippen molar-refractivity contribution in [3.05, 3.63) is 15.1 Å². The van der Waals surface area contributed by atoms with Gasteiger partial charge < -0.3 is 4.74 Å². The van der Waals surface area contributed by atoms with E-state index in [0.717, 1.165) is 11.5 Å². The lowest BCUT2D eigenvalue weighted by atomic mass is 10.4. The molecule has 0 fully saturated rings. The summed E-state index contributed by atoms with van der Waals surface area (Å²) in [6, 6.07) is 0. The molecule has 0 spiro atoms. The fourth-order valence-corrected chi connectivity index (χ4v) is 1.79. The summed E-state index contributed by atoms with van der Waals surface area (Å²) in [5.41, 5.74) is 0.158. The zero-order chi connectivity index (χ0) is 9.14. The molecule has 0 aliphatic carbocycles. The number of carbonyl (C=O) groups excluding carboxylic acids is 1. The van der Waals surface area contributed by atoms with Gasteiger partial charge in [-0.05, 0) is 18.5 Å². The second kappa shape index (κ2) is 4.07. The highest BCUT2D eigenvalue weighted by Crippen LogP contribution is 2.28. The van der Waals surface area contributed by atoms with Gasteiger partial charge in [-0.15, -0.1) is 0 Å². The average Bonchev–Trinajstić information content (AvgIpc) is 2.32. The summed E-state index contributed by atoms with van der Waals surface area (Å²) < 4.78 is 8.66. The van der Waals surface area contributed by atoms with E-state index in [1.54, 1.807) is 6.92 Å². The topological polar surface area (TPSA) is 39.2 Å². The highest BCUT2D eigenvalue weighted by molar-refractivity contribution is 7.11. The van der Waals surface area contributed by atoms with E-state index in [9.17, 15) is 4.79 Å². The molecule has 3 nitrogen and oxygen atoms in total. The van der Waals surface area contributed by atoms with Crippen LogP contribution in [0.25, 0.3) is 0 Å². The molecule has 1 aromatic rings. The zero-order valence-electron chi connectivity index (χ0n) is 6.13. The monoisotopic (exact) mass is 225 g/mol. The van der Waals surface area contributed by atoms with Crippen molar-refractivity contribution in [3.63, 3.8) is 0 Å². The van der Waals surface area contributed by atoms with E-state index in [1.165, 1.54) is 0 Å². The van der Waals surface area contributed by atoms with Gasteiger partial charge >= 0.3 is 5.97 Å².